The number of carbonyl (C=O) groups excluding carboxylic acids is 1. The van der Waals surface area contributed by atoms with E-state index in [2.05, 4.69) is 0 Å². The number of para-hydroxylation sites is 1. The fraction of sp³-hybridized carbons (Fsp3) is 0.364. The van der Waals surface area contributed by atoms with Gasteiger partial charge in [-0.3, -0.25) is 0 Å². The third-order valence-electron chi connectivity index (χ3n) is 2.25. The monoisotopic (exact) mass is 224 g/mol. The van der Waals surface area contributed by atoms with Gasteiger partial charge in [-0.2, -0.15) is 0 Å². The molecule has 2 N–H and O–H groups in total. The van der Waals surface area contributed by atoms with E-state index in [0.717, 1.165) is 16.9 Å². The summed E-state index contributed by atoms with van der Waals surface area (Å²) in [5.74, 6) is 0. The molecule has 0 aliphatic heterocycles. The van der Waals surface area contributed by atoms with E-state index < -0.39 is 5.54 Å². The van der Waals surface area contributed by atoms with E-state index in [1.807, 2.05) is 49.5 Å². The van der Waals surface area contributed by atoms with Crippen LogP contribution in [-0.2, 0) is 4.79 Å². The number of aldehydes is 1. The van der Waals surface area contributed by atoms with E-state index in [9.17, 15) is 4.79 Å². The van der Waals surface area contributed by atoms with Gasteiger partial charge in [-0.1, -0.05) is 12.1 Å². The van der Waals surface area contributed by atoms with Crippen molar-refractivity contribution in [2.75, 3.05) is 12.8 Å². The number of nitrogens with zero attached hydrogens (tertiary/aromatic N) is 1. The van der Waals surface area contributed by atoms with Crippen molar-refractivity contribution in [1.82, 2.24) is 4.31 Å². The summed E-state index contributed by atoms with van der Waals surface area (Å²) in [7, 11) is 1.88. The second kappa shape index (κ2) is 4.68. The molecular formula is C11H16N2OS. The summed E-state index contributed by atoms with van der Waals surface area (Å²) in [4.78, 5) is 11.8. The first kappa shape index (κ1) is 12.1. The Morgan fingerprint density at radius 3 is 2.53 bits per heavy atom. The molecule has 4 heteroatoms. The molecule has 1 aromatic rings. The number of anilines is 1. The second-order valence-electron chi connectivity index (χ2n) is 3.90. The smallest absolute Gasteiger partial charge is 0.140 e. The molecule has 0 aromatic heterocycles. The summed E-state index contributed by atoms with van der Waals surface area (Å²) in [6.07, 6.45) is 0.930. The zero-order valence-corrected chi connectivity index (χ0v) is 10.0. The normalized spacial score (nSPS) is 11.7. The minimum absolute atomic E-state index is 0.493. The first-order chi connectivity index (χ1) is 6.97. The highest BCUT2D eigenvalue weighted by atomic mass is 32.2. The van der Waals surface area contributed by atoms with Gasteiger partial charge in [0.1, 0.15) is 6.29 Å². The second-order valence-corrected chi connectivity index (χ2v) is 5.07. The molecule has 0 saturated carbocycles. The van der Waals surface area contributed by atoms with Crippen LogP contribution in [0.3, 0.4) is 0 Å². The molecule has 0 aliphatic carbocycles. The number of carbonyl (C=O) groups is 1. The molecule has 0 unspecified atom stereocenters. The standard InChI is InChI=1S/C11H16N2OS/c1-11(2,8-14)13(3)15-10-7-5-4-6-9(10)12/h4-8H,12H2,1-3H3. The minimum Gasteiger partial charge on any atom is -0.398 e. The molecule has 0 bridgehead atoms. The fourth-order valence-corrected chi connectivity index (χ4v) is 1.79. The summed E-state index contributed by atoms with van der Waals surface area (Å²) in [6, 6.07) is 7.62. The SMILES string of the molecule is CN(Sc1ccccc1N)C(C)(C)C=O. The first-order valence-corrected chi connectivity index (χ1v) is 5.47. The van der Waals surface area contributed by atoms with E-state index in [1.165, 1.54) is 11.9 Å². The van der Waals surface area contributed by atoms with Crippen molar-refractivity contribution >= 4 is 23.9 Å². The topological polar surface area (TPSA) is 46.3 Å². The number of nitrogen functional groups attached to an aromatic ring is 1. The minimum atomic E-state index is -0.493. The molecule has 0 saturated heterocycles. The van der Waals surface area contributed by atoms with E-state index in [4.69, 9.17) is 5.73 Å². The molecule has 0 heterocycles. The molecule has 0 atom stereocenters. The molecule has 82 valence electrons. The largest absolute Gasteiger partial charge is 0.398 e. The van der Waals surface area contributed by atoms with E-state index >= 15 is 0 Å². The van der Waals surface area contributed by atoms with E-state index in [-0.39, 0.29) is 0 Å². The summed E-state index contributed by atoms with van der Waals surface area (Å²) >= 11 is 1.48. The molecular weight excluding hydrogens is 208 g/mol. The Labute approximate surface area is 94.8 Å². The molecule has 1 rings (SSSR count). The fourth-order valence-electron chi connectivity index (χ4n) is 0.903. The van der Waals surface area contributed by atoms with Crippen LogP contribution in [-0.4, -0.2) is 23.2 Å². The number of likely N-dealkylation sites (N-methyl/N-ethyl adjacent to an activating group) is 1. The highest BCUT2D eigenvalue weighted by Gasteiger charge is 2.23. The predicted molar refractivity (Wildman–Crippen MR) is 64.6 cm³/mol. The highest BCUT2D eigenvalue weighted by molar-refractivity contribution is 7.97. The molecule has 0 fully saturated rings. The molecule has 0 aliphatic rings. The van der Waals surface area contributed by atoms with Crippen LogP contribution in [0.1, 0.15) is 13.8 Å². The van der Waals surface area contributed by atoms with Crippen LogP contribution < -0.4 is 5.73 Å². The third kappa shape index (κ3) is 2.97. The lowest BCUT2D eigenvalue weighted by molar-refractivity contribution is -0.113. The maximum absolute atomic E-state index is 10.9. The van der Waals surface area contributed by atoms with Gasteiger partial charge < -0.3 is 10.5 Å². The van der Waals surface area contributed by atoms with E-state index in [0.29, 0.717) is 0 Å². The van der Waals surface area contributed by atoms with Crippen molar-refractivity contribution in [3.05, 3.63) is 24.3 Å². The summed E-state index contributed by atoms with van der Waals surface area (Å²) < 4.78 is 1.89. The lowest BCUT2D eigenvalue weighted by Gasteiger charge is -2.29. The summed E-state index contributed by atoms with van der Waals surface area (Å²) in [5.41, 5.74) is 6.06. The predicted octanol–water partition coefficient (Wildman–Crippen LogP) is 2.19. The van der Waals surface area contributed by atoms with Gasteiger partial charge in [0.25, 0.3) is 0 Å². The number of hydrogen-bond acceptors (Lipinski definition) is 4. The van der Waals surface area contributed by atoms with Gasteiger partial charge in [-0.25, -0.2) is 4.31 Å². The molecule has 3 nitrogen and oxygen atoms in total. The Balaban J connectivity index is 2.79. The zero-order chi connectivity index (χ0) is 11.5. The quantitative estimate of drug-likeness (QED) is 0.484. The summed E-state index contributed by atoms with van der Waals surface area (Å²) in [6.45, 7) is 3.73. The molecule has 1 aromatic carbocycles. The van der Waals surface area contributed by atoms with Crippen molar-refractivity contribution in [1.29, 1.82) is 0 Å². The Morgan fingerprint density at radius 1 is 1.40 bits per heavy atom. The van der Waals surface area contributed by atoms with Gasteiger partial charge in [0, 0.05) is 10.6 Å². The Kier molecular flexibility index (Phi) is 3.77. The average molecular weight is 224 g/mol. The van der Waals surface area contributed by atoms with Gasteiger partial charge in [-0.15, -0.1) is 0 Å². The van der Waals surface area contributed by atoms with Crippen LogP contribution in [0.25, 0.3) is 0 Å². The van der Waals surface area contributed by atoms with Crippen LogP contribution in [0.2, 0.25) is 0 Å². The lowest BCUT2D eigenvalue weighted by Crippen LogP contribution is -2.37. The van der Waals surface area contributed by atoms with Crippen LogP contribution in [0, 0.1) is 0 Å². The van der Waals surface area contributed by atoms with Crippen LogP contribution in [0.5, 0.6) is 0 Å². The lowest BCUT2D eigenvalue weighted by atomic mass is 10.1. The number of rotatable bonds is 4. The van der Waals surface area contributed by atoms with Crippen molar-refractivity contribution in [3.8, 4) is 0 Å². The number of nitrogens with two attached hydrogens (primary N) is 1. The van der Waals surface area contributed by atoms with Gasteiger partial charge in [0.2, 0.25) is 0 Å². The van der Waals surface area contributed by atoms with Crippen LogP contribution in [0.4, 0.5) is 5.69 Å². The maximum Gasteiger partial charge on any atom is 0.140 e. The Bertz CT molecular complexity index is 352. The van der Waals surface area contributed by atoms with Crippen molar-refractivity contribution < 1.29 is 4.79 Å². The maximum atomic E-state index is 10.9. The van der Waals surface area contributed by atoms with Gasteiger partial charge >= 0.3 is 0 Å². The molecule has 0 amide bonds. The van der Waals surface area contributed by atoms with Crippen molar-refractivity contribution in [3.63, 3.8) is 0 Å². The third-order valence-corrected chi connectivity index (χ3v) is 3.57. The van der Waals surface area contributed by atoms with E-state index in [1.54, 1.807) is 0 Å². The van der Waals surface area contributed by atoms with Gasteiger partial charge in [0.15, 0.2) is 0 Å². The van der Waals surface area contributed by atoms with Crippen LogP contribution in [0.15, 0.2) is 29.2 Å². The van der Waals surface area contributed by atoms with Gasteiger partial charge in [0.05, 0.1) is 5.54 Å². The zero-order valence-electron chi connectivity index (χ0n) is 9.23. The highest BCUT2D eigenvalue weighted by Crippen LogP contribution is 2.30. The van der Waals surface area contributed by atoms with Crippen molar-refractivity contribution in [2.45, 2.75) is 24.3 Å². The average Bonchev–Trinajstić information content (AvgIpc) is 2.21. The first-order valence-electron chi connectivity index (χ1n) is 4.70. The molecule has 15 heavy (non-hydrogen) atoms. The Hall–Kier alpha value is -1.00. The van der Waals surface area contributed by atoms with Crippen LogP contribution >= 0.6 is 11.9 Å². The number of benzene rings is 1. The van der Waals surface area contributed by atoms with Crippen molar-refractivity contribution in [2.24, 2.45) is 0 Å². The van der Waals surface area contributed by atoms with Gasteiger partial charge in [-0.05, 0) is 45.0 Å². The summed E-state index contributed by atoms with van der Waals surface area (Å²) in [5, 5.41) is 0. The number of hydrogen-bond donors (Lipinski definition) is 1. The molecule has 0 radical (unpaired) electrons. The molecule has 0 spiro atoms. The Morgan fingerprint density at radius 2 is 2.00 bits per heavy atom.